The molecule has 52 heavy (non-hydrogen) atoms. The number of hydrogen-bond donors (Lipinski definition) is 2. The largest absolute Gasteiger partial charge is 1.00 e. The van der Waals surface area contributed by atoms with Crippen molar-refractivity contribution >= 4 is 32.1 Å². The Labute approximate surface area is 323 Å². The van der Waals surface area contributed by atoms with Gasteiger partial charge in [-0.2, -0.15) is 0 Å². The average molecular weight is 749 g/mol. The van der Waals surface area contributed by atoms with Crippen LogP contribution in [0.3, 0.4) is 0 Å². The van der Waals surface area contributed by atoms with Crippen LogP contribution in [0.1, 0.15) is 22.3 Å². The first-order valence-electron chi connectivity index (χ1n) is 14.9. The predicted molar refractivity (Wildman–Crippen MR) is 188 cm³/mol. The molecule has 0 heterocycles. The zero-order chi connectivity index (χ0) is 37.3. The third-order valence-electron chi connectivity index (χ3n) is 7.38. The van der Waals surface area contributed by atoms with Gasteiger partial charge < -0.3 is 62.0 Å². The summed E-state index contributed by atoms with van der Waals surface area (Å²) in [5.41, 5.74) is 1.41. The van der Waals surface area contributed by atoms with Crippen molar-refractivity contribution in [1.82, 2.24) is 0 Å². The Morgan fingerprint density at radius 3 is 1.06 bits per heavy atom. The number of phosphoric ester groups is 1. The van der Waals surface area contributed by atoms with Crippen molar-refractivity contribution < 1.29 is 96.2 Å². The molecule has 0 atom stereocenters. The van der Waals surface area contributed by atoms with E-state index in [0.717, 1.165) is 0 Å². The number of ether oxygens (including phenoxy) is 8. The van der Waals surface area contributed by atoms with Gasteiger partial charge in [-0.05, 0) is 59.7 Å². The smallest absolute Gasteiger partial charge is 0.736 e. The number of phenolic OH excluding ortho intramolecular Hbond substituents is 2. The van der Waals surface area contributed by atoms with Crippen LogP contribution in [-0.2, 0) is 4.57 Å². The van der Waals surface area contributed by atoms with Crippen molar-refractivity contribution in [3.8, 4) is 69.0 Å². The Morgan fingerprint density at radius 1 is 0.481 bits per heavy atom. The van der Waals surface area contributed by atoms with Crippen LogP contribution in [0.2, 0.25) is 0 Å². The fourth-order valence-corrected chi connectivity index (χ4v) is 5.80. The predicted octanol–water partition coefficient (Wildman–Crippen LogP) is 3.44. The average Bonchev–Trinajstić information content (AvgIpc) is 3.14. The molecular weight excluding hydrogens is 710 g/mol. The molecule has 4 aromatic carbocycles. The molecule has 0 aliphatic carbocycles. The molecule has 0 saturated heterocycles. The second kappa shape index (κ2) is 18.6. The van der Waals surface area contributed by atoms with E-state index in [9.17, 15) is 19.7 Å². The Kier molecular flexibility index (Phi) is 14.9. The van der Waals surface area contributed by atoms with Crippen molar-refractivity contribution in [2.24, 2.45) is 0 Å². The molecule has 0 aliphatic rings. The Hall–Kier alpha value is -4.85. The fourth-order valence-electron chi connectivity index (χ4n) is 4.93. The quantitative estimate of drug-likeness (QED) is 0.0970. The van der Waals surface area contributed by atoms with Crippen LogP contribution in [0, 0.1) is 0 Å². The molecular formula is C36H38NaO14P. The number of hydrogen-bond acceptors (Lipinski definition) is 14. The van der Waals surface area contributed by atoms with Gasteiger partial charge in [-0.15, -0.1) is 0 Å². The molecule has 0 amide bonds. The molecule has 0 radical (unpaired) electrons. The molecule has 0 bridgehead atoms. The van der Waals surface area contributed by atoms with Gasteiger partial charge in [0, 0.05) is 11.1 Å². The van der Waals surface area contributed by atoms with Crippen LogP contribution in [0.5, 0.6) is 69.0 Å². The summed E-state index contributed by atoms with van der Waals surface area (Å²) in [4.78, 5) is 13.5. The maximum absolute atomic E-state index is 13.5. The third kappa shape index (κ3) is 9.32. The maximum Gasteiger partial charge on any atom is 1.00 e. The molecule has 272 valence electrons. The first kappa shape index (κ1) is 41.6. The number of phosphoric acid groups is 1. The van der Waals surface area contributed by atoms with Crippen LogP contribution in [0.25, 0.3) is 24.3 Å². The van der Waals surface area contributed by atoms with E-state index in [1.807, 2.05) is 0 Å². The first-order valence-corrected chi connectivity index (χ1v) is 16.4. The zero-order valence-corrected chi connectivity index (χ0v) is 33.1. The minimum Gasteiger partial charge on any atom is -0.736 e. The topological polar surface area (TPSA) is 173 Å². The summed E-state index contributed by atoms with van der Waals surface area (Å²) in [5.74, 6) is -0.108. The SMILES string of the molecule is COc1ccc(/C=C\c2cc(OC)c(OC)c(OC)c2)c(OP(=O)([O-])Oc2c(/C=C\c3cc(OC)c(OC)c(OC)c3)ccc(OC)c2O)c1O.[Na+]. The van der Waals surface area contributed by atoms with Gasteiger partial charge in [0.2, 0.25) is 23.0 Å². The molecule has 0 aliphatic heterocycles. The zero-order valence-electron chi connectivity index (χ0n) is 30.2. The number of methoxy groups -OCH3 is 8. The Morgan fingerprint density at radius 2 is 0.788 bits per heavy atom. The van der Waals surface area contributed by atoms with Gasteiger partial charge in [0.25, 0.3) is 0 Å². The van der Waals surface area contributed by atoms with Crippen molar-refractivity contribution in [1.29, 1.82) is 0 Å². The van der Waals surface area contributed by atoms with E-state index in [-0.39, 0.29) is 52.2 Å². The van der Waals surface area contributed by atoms with Crippen molar-refractivity contribution in [3.05, 3.63) is 70.8 Å². The third-order valence-corrected chi connectivity index (χ3v) is 8.19. The van der Waals surface area contributed by atoms with E-state index in [0.29, 0.717) is 45.6 Å². The van der Waals surface area contributed by atoms with Crippen LogP contribution < -0.4 is 81.4 Å². The van der Waals surface area contributed by atoms with Gasteiger partial charge in [0.05, 0.1) is 56.9 Å². The minimum atomic E-state index is -5.43. The summed E-state index contributed by atoms with van der Waals surface area (Å²) in [7, 11) is 5.98. The molecule has 0 saturated carbocycles. The Balaban J connectivity index is 0.00000729. The molecule has 4 rings (SSSR count). The number of benzene rings is 4. The normalized spacial score (nSPS) is 11.1. The molecule has 14 nitrogen and oxygen atoms in total. The maximum atomic E-state index is 13.5. The molecule has 0 fully saturated rings. The molecule has 4 aromatic rings. The van der Waals surface area contributed by atoms with Crippen molar-refractivity contribution in [2.75, 3.05) is 56.9 Å². The first-order chi connectivity index (χ1) is 24.5. The van der Waals surface area contributed by atoms with Crippen LogP contribution in [0.15, 0.2) is 48.5 Å². The molecule has 16 heteroatoms. The number of rotatable bonds is 16. The standard InChI is InChI=1S/C36H39O14P.Na/c1-41-25-15-13-23(11-9-21-17-27(43-3)35(47-7)28(18-21)44-4)33(31(25)37)49-51(39,40)50-34-24(14-16-26(42-2)32(34)38)12-10-22-19-29(45-5)36(48-8)30(20-22)46-6;/h9-20,37-38H,1-8H3,(H,39,40);/q;+1/p-1/b11-9-,12-10-;. The summed E-state index contributed by atoms with van der Waals surface area (Å²) in [6.07, 6.45) is 6.19. The van der Waals surface area contributed by atoms with E-state index in [2.05, 4.69) is 0 Å². The number of phenols is 2. The van der Waals surface area contributed by atoms with E-state index in [1.54, 1.807) is 36.4 Å². The van der Waals surface area contributed by atoms with Crippen molar-refractivity contribution in [3.63, 3.8) is 0 Å². The summed E-state index contributed by atoms with van der Waals surface area (Å²) >= 11 is 0. The van der Waals surface area contributed by atoms with Gasteiger partial charge in [-0.3, -0.25) is 0 Å². The number of aromatic hydroxyl groups is 2. The van der Waals surface area contributed by atoms with Crippen LogP contribution in [-0.4, -0.2) is 67.1 Å². The van der Waals surface area contributed by atoms with Crippen molar-refractivity contribution in [2.45, 2.75) is 0 Å². The summed E-state index contributed by atoms with van der Waals surface area (Å²) in [5, 5.41) is 22.0. The second-order valence-corrected chi connectivity index (χ2v) is 11.5. The fraction of sp³-hybridized carbons (Fsp3) is 0.222. The molecule has 0 unspecified atom stereocenters. The minimum absolute atomic E-state index is 0. The summed E-state index contributed by atoms with van der Waals surface area (Å²) < 4.78 is 67.0. The van der Waals surface area contributed by atoms with Crippen LogP contribution in [0.4, 0.5) is 0 Å². The van der Waals surface area contributed by atoms with Gasteiger partial charge in [0.1, 0.15) is 0 Å². The molecule has 2 N–H and O–H groups in total. The van der Waals surface area contributed by atoms with E-state index in [1.165, 1.54) is 93.3 Å². The van der Waals surface area contributed by atoms with Crippen LogP contribution >= 0.6 is 7.82 Å². The monoisotopic (exact) mass is 748 g/mol. The van der Waals surface area contributed by atoms with E-state index in [4.69, 9.17) is 46.9 Å². The van der Waals surface area contributed by atoms with Gasteiger partial charge in [-0.1, -0.05) is 24.3 Å². The second-order valence-electron chi connectivity index (χ2n) is 10.3. The molecule has 0 aromatic heterocycles. The summed E-state index contributed by atoms with van der Waals surface area (Å²) in [6.45, 7) is 0. The Bertz CT molecular complexity index is 1790. The van der Waals surface area contributed by atoms with E-state index >= 15 is 0 Å². The van der Waals surface area contributed by atoms with Gasteiger partial charge >= 0.3 is 37.4 Å². The molecule has 0 spiro atoms. The van der Waals surface area contributed by atoms with E-state index < -0.39 is 30.8 Å². The van der Waals surface area contributed by atoms with Gasteiger partial charge in [0.15, 0.2) is 46.0 Å². The van der Waals surface area contributed by atoms with Gasteiger partial charge in [-0.25, -0.2) is 4.57 Å². The summed E-state index contributed by atoms with van der Waals surface area (Å²) in [6, 6.07) is 12.5.